The maximum absolute atomic E-state index is 15.2. The van der Waals surface area contributed by atoms with E-state index in [1.807, 2.05) is 24.0 Å². The summed E-state index contributed by atoms with van der Waals surface area (Å²) in [5, 5.41) is 3.81. The monoisotopic (exact) mass is 498 g/mol. The summed E-state index contributed by atoms with van der Waals surface area (Å²) < 4.78 is 26.8. The molecule has 1 amide bonds. The van der Waals surface area contributed by atoms with Gasteiger partial charge in [0.15, 0.2) is 0 Å². The highest BCUT2D eigenvalue weighted by Crippen LogP contribution is 2.35. The van der Waals surface area contributed by atoms with Crippen LogP contribution in [0.25, 0.3) is 10.2 Å². The molecule has 0 aromatic carbocycles. The number of rotatable bonds is 3. The molecule has 2 saturated heterocycles. The number of nitrogen functional groups attached to an aromatic ring is 1. The highest BCUT2D eigenvalue weighted by atomic mass is 32.1. The van der Waals surface area contributed by atoms with Gasteiger partial charge < -0.3 is 31.2 Å². The quantitative estimate of drug-likeness (QED) is 0.500. The van der Waals surface area contributed by atoms with Crippen LogP contribution in [0.5, 0.6) is 0 Å². The van der Waals surface area contributed by atoms with E-state index in [9.17, 15) is 4.79 Å². The van der Waals surface area contributed by atoms with E-state index in [1.165, 1.54) is 17.4 Å². The van der Waals surface area contributed by atoms with Gasteiger partial charge in [0, 0.05) is 41.0 Å². The van der Waals surface area contributed by atoms with Crippen molar-refractivity contribution >= 4 is 39.0 Å². The Labute approximate surface area is 205 Å². The summed E-state index contributed by atoms with van der Waals surface area (Å²) in [6.45, 7) is 3.81. The van der Waals surface area contributed by atoms with Gasteiger partial charge in [0.05, 0.1) is 31.5 Å². The van der Waals surface area contributed by atoms with Crippen LogP contribution in [0.15, 0.2) is 18.2 Å². The molecule has 2 aliphatic heterocycles. The zero-order valence-electron chi connectivity index (χ0n) is 19.3. The number of ether oxygens (including phenoxy) is 2. The molecule has 5 heterocycles. The summed E-state index contributed by atoms with van der Waals surface area (Å²) >= 11 is 1.28. The Morgan fingerprint density at radius 1 is 1.31 bits per heavy atom. The summed E-state index contributed by atoms with van der Waals surface area (Å²) in [5.74, 6) is -0.884. The number of anilines is 2. The van der Waals surface area contributed by atoms with Gasteiger partial charge in [-0.15, -0.1) is 11.3 Å². The molecule has 2 unspecified atom stereocenters. The zero-order chi connectivity index (χ0) is 24.3. The Hall–Kier alpha value is -2.86. The van der Waals surface area contributed by atoms with Gasteiger partial charge in [0.2, 0.25) is 5.79 Å². The summed E-state index contributed by atoms with van der Waals surface area (Å²) in [6.07, 6.45) is 1.59. The molecular formula is C24H27FN6O3S. The van der Waals surface area contributed by atoms with Crippen molar-refractivity contribution in [1.82, 2.24) is 15.3 Å². The predicted molar refractivity (Wildman–Crippen MR) is 131 cm³/mol. The molecule has 3 aromatic heterocycles. The summed E-state index contributed by atoms with van der Waals surface area (Å²) in [7, 11) is 0. The molecule has 2 atom stereocenters. The number of aryl methyl sites for hydroxylation is 2. The highest BCUT2D eigenvalue weighted by molar-refractivity contribution is 7.21. The van der Waals surface area contributed by atoms with E-state index in [-0.39, 0.29) is 23.8 Å². The number of hydrogen-bond acceptors (Lipinski definition) is 9. The third-order valence-corrected chi connectivity index (χ3v) is 8.20. The third kappa shape index (κ3) is 3.83. The third-order valence-electron chi connectivity index (χ3n) is 7.09. The Bertz CT molecular complexity index is 1320. The van der Waals surface area contributed by atoms with Gasteiger partial charge in [-0.05, 0) is 38.3 Å². The number of carbonyl (C=O) groups is 1. The van der Waals surface area contributed by atoms with Crippen LogP contribution in [0, 0.1) is 12.7 Å². The Kier molecular flexibility index (Phi) is 5.40. The van der Waals surface area contributed by atoms with E-state index in [4.69, 9.17) is 25.9 Å². The molecule has 1 spiro atoms. The fraction of sp³-hybridized carbons (Fsp3) is 0.458. The molecule has 11 heteroatoms. The van der Waals surface area contributed by atoms with E-state index in [0.717, 1.165) is 15.9 Å². The van der Waals surface area contributed by atoms with Crippen molar-refractivity contribution in [1.29, 1.82) is 0 Å². The van der Waals surface area contributed by atoms with Crippen LogP contribution in [-0.2, 0) is 22.3 Å². The van der Waals surface area contributed by atoms with Crippen molar-refractivity contribution in [2.45, 2.75) is 44.1 Å². The number of thiophene rings is 1. The van der Waals surface area contributed by atoms with Gasteiger partial charge in [-0.25, -0.2) is 14.4 Å². The number of fused-ring (bicyclic) bond motifs is 2. The summed E-state index contributed by atoms with van der Waals surface area (Å²) in [5.41, 5.74) is 15.1. The minimum Gasteiger partial charge on any atom is -0.397 e. The normalized spacial score (nSPS) is 23.2. The molecule has 0 bridgehead atoms. The average molecular weight is 499 g/mol. The van der Waals surface area contributed by atoms with Gasteiger partial charge in [-0.2, -0.15) is 0 Å². The topological polar surface area (TPSA) is 129 Å². The first-order chi connectivity index (χ1) is 16.8. The molecule has 35 heavy (non-hydrogen) atoms. The lowest BCUT2D eigenvalue weighted by Crippen LogP contribution is -2.47. The lowest BCUT2D eigenvalue weighted by atomic mass is 9.91. The van der Waals surface area contributed by atoms with Crippen LogP contribution in [0.3, 0.4) is 0 Å². The number of nitrogens with zero attached hydrogens (tertiary/aromatic N) is 3. The Morgan fingerprint density at radius 2 is 2.11 bits per heavy atom. The van der Waals surface area contributed by atoms with Crippen molar-refractivity contribution < 1.29 is 18.7 Å². The first-order valence-electron chi connectivity index (χ1n) is 11.8. The molecule has 3 aliphatic rings. The average Bonchev–Trinajstić information content (AvgIpc) is 3.53. The second kappa shape index (κ2) is 8.37. The molecule has 0 radical (unpaired) electrons. The maximum atomic E-state index is 15.2. The standard InChI is InChI=1S/C24H27FN6O3S/c1-12-2-4-14-20(27)21(35-23(14)28-12)22(32)29-13-3-5-17-15(8-13)16(25)9-19(30-17)31-10-18(26)24(11-31)33-6-7-34-24/h2,4,9,13,18H,3,5-8,10-11,26-27H2,1H3,(H,29,32). The molecule has 0 saturated carbocycles. The second-order valence-corrected chi connectivity index (χ2v) is 10.4. The molecule has 184 valence electrons. The van der Waals surface area contributed by atoms with Crippen LogP contribution in [0.2, 0.25) is 0 Å². The summed E-state index contributed by atoms with van der Waals surface area (Å²) in [6, 6.07) is 4.67. The maximum Gasteiger partial charge on any atom is 0.263 e. The van der Waals surface area contributed by atoms with E-state index in [1.54, 1.807) is 0 Å². The smallest absolute Gasteiger partial charge is 0.263 e. The number of nitrogens with two attached hydrogens (primary N) is 2. The molecule has 9 nitrogen and oxygen atoms in total. The zero-order valence-corrected chi connectivity index (χ0v) is 20.2. The molecule has 5 N–H and O–H groups in total. The number of nitrogens with one attached hydrogen (secondary N) is 1. The number of hydrogen-bond donors (Lipinski definition) is 3. The lowest BCUT2D eigenvalue weighted by Gasteiger charge is -2.27. The van der Waals surface area contributed by atoms with Crippen molar-refractivity contribution in [3.05, 3.63) is 45.8 Å². The van der Waals surface area contributed by atoms with Gasteiger partial charge >= 0.3 is 0 Å². The summed E-state index contributed by atoms with van der Waals surface area (Å²) in [4.78, 5) is 25.3. The van der Waals surface area contributed by atoms with Gasteiger partial charge in [0.1, 0.15) is 21.3 Å². The molecular weight excluding hydrogens is 471 g/mol. The van der Waals surface area contributed by atoms with Gasteiger partial charge in [-0.3, -0.25) is 4.79 Å². The van der Waals surface area contributed by atoms with Crippen LogP contribution in [0.1, 0.15) is 33.0 Å². The molecule has 1 aliphatic carbocycles. The van der Waals surface area contributed by atoms with Crippen molar-refractivity contribution in [3.8, 4) is 0 Å². The highest BCUT2D eigenvalue weighted by Gasteiger charge is 2.50. The van der Waals surface area contributed by atoms with E-state index in [2.05, 4.69) is 10.3 Å². The fourth-order valence-electron chi connectivity index (χ4n) is 5.23. The molecule has 2 fully saturated rings. The van der Waals surface area contributed by atoms with E-state index >= 15 is 4.39 Å². The SMILES string of the molecule is Cc1ccc2c(N)c(C(=O)NC3CCc4nc(N5CC(N)C6(C5)OCCO6)cc(F)c4C3)sc2n1. The lowest BCUT2D eigenvalue weighted by molar-refractivity contribution is -0.147. The van der Waals surface area contributed by atoms with Crippen molar-refractivity contribution in [2.75, 3.05) is 36.9 Å². The predicted octanol–water partition coefficient (Wildman–Crippen LogP) is 1.90. The first kappa shape index (κ1) is 22.6. The first-order valence-corrected chi connectivity index (χ1v) is 12.6. The number of aromatic nitrogens is 2. The van der Waals surface area contributed by atoms with Crippen molar-refractivity contribution in [2.24, 2.45) is 5.73 Å². The molecule has 6 rings (SSSR count). The van der Waals surface area contributed by atoms with Gasteiger partial charge in [-0.1, -0.05) is 0 Å². The number of halogens is 1. The van der Waals surface area contributed by atoms with Crippen LogP contribution >= 0.6 is 11.3 Å². The number of amides is 1. The van der Waals surface area contributed by atoms with Gasteiger partial charge in [0.25, 0.3) is 5.91 Å². The van der Waals surface area contributed by atoms with E-state index < -0.39 is 5.79 Å². The van der Waals surface area contributed by atoms with Crippen LogP contribution in [-0.4, -0.2) is 60.0 Å². The van der Waals surface area contributed by atoms with Crippen LogP contribution in [0.4, 0.5) is 15.9 Å². The minimum absolute atomic E-state index is 0.208. The fourth-order valence-corrected chi connectivity index (χ4v) is 6.27. The van der Waals surface area contributed by atoms with Crippen molar-refractivity contribution in [3.63, 3.8) is 0 Å². The minimum atomic E-state index is -0.841. The number of pyridine rings is 2. The Balaban J connectivity index is 1.18. The number of carbonyl (C=O) groups excluding carboxylic acids is 1. The van der Waals surface area contributed by atoms with Crippen LogP contribution < -0.4 is 21.7 Å². The second-order valence-electron chi connectivity index (χ2n) is 9.45. The largest absolute Gasteiger partial charge is 0.397 e. The van der Waals surface area contributed by atoms with E-state index in [0.29, 0.717) is 73.2 Å². The molecule has 3 aromatic rings. The Morgan fingerprint density at radius 3 is 2.91 bits per heavy atom.